The van der Waals surface area contributed by atoms with E-state index in [9.17, 15) is 4.79 Å². The number of hydrogen-bond acceptors (Lipinski definition) is 5. The first-order valence-electron chi connectivity index (χ1n) is 8.11. The predicted molar refractivity (Wildman–Crippen MR) is 90.9 cm³/mol. The van der Waals surface area contributed by atoms with Crippen molar-refractivity contribution in [1.29, 1.82) is 0 Å². The van der Waals surface area contributed by atoms with Gasteiger partial charge in [0.1, 0.15) is 18.1 Å². The minimum atomic E-state index is -0.400. The Morgan fingerprint density at radius 3 is 2.58 bits per heavy atom. The van der Waals surface area contributed by atoms with Crippen molar-refractivity contribution in [3.05, 3.63) is 46.2 Å². The molecule has 1 amide bonds. The van der Waals surface area contributed by atoms with Gasteiger partial charge in [-0.05, 0) is 18.4 Å². The van der Waals surface area contributed by atoms with Crippen LogP contribution in [0.5, 0.6) is 11.5 Å². The van der Waals surface area contributed by atoms with E-state index < -0.39 is 5.54 Å². The van der Waals surface area contributed by atoms with Gasteiger partial charge in [-0.1, -0.05) is 30.3 Å². The van der Waals surface area contributed by atoms with Crippen molar-refractivity contribution < 1.29 is 19.0 Å². The zero-order valence-electron chi connectivity index (χ0n) is 13.2. The summed E-state index contributed by atoms with van der Waals surface area (Å²) >= 11 is 1.36. The van der Waals surface area contributed by atoms with Gasteiger partial charge in [-0.25, -0.2) is 0 Å². The first-order valence-corrected chi connectivity index (χ1v) is 8.99. The van der Waals surface area contributed by atoms with E-state index in [4.69, 9.17) is 14.2 Å². The van der Waals surface area contributed by atoms with Crippen molar-refractivity contribution in [1.82, 2.24) is 5.32 Å². The van der Waals surface area contributed by atoms with Gasteiger partial charge in [0.15, 0.2) is 11.5 Å². The standard InChI is InChI=1S/C18H19NO4S/c20-17(16-15-14(12-24-16)22-10-11-23-15)19-18(6-8-21-9-7-18)13-4-2-1-3-5-13/h1-5,12H,6-11H2,(H,19,20). The summed E-state index contributed by atoms with van der Waals surface area (Å²) in [5, 5.41) is 5.09. The van der Waals surface area contributed by atoms with Gasteiger partial charge in [0, 0.05) is 18.6 Å². The van der Waals surface area contributed by atoms with Crippen LogP contribution in [0.25, 0.3) is 0 Å². The smallest absolute Gasteiger partial charge is 0.266 e. The molecule has 24 heavy (non-hydrogen) atoms. The molecule has 2 aromatic rings. The van der Waals surface area contributed by atoms with Crippen LogP contribution in [-0.4, -0.2) is 32.3 Å². The molecule has 4 rings (SSSR count). The number of thiophene rings is 1. The van der Waals surface area contributed by atoms with E-state index >= 15 is 0 Å². The summed E-state index contributed by atoms with van der Waals surface area (Å²) < 4.78 is 16.7. The third-order valence-corrected chi connectivity index (χ3v) is 5.47. The number of amides is 1. The minimum Gasteiger partial charge on any atom is -0.485 e. The molecule has 0 saturated carbocycles. The van der Waals surface area contributed by atoms with E-state index in [1.807, 2.05) is 23.6 Å². The molecular weight excluding hydrogens is 326 g/mol. The molecule has 0 atom stereocenters. The van der Waals surface area contributed by atoms with Crippen molar-refractivity contribution in [2.45, 2.75) is 18.4 Å². The molecule has 0 unspecified atom stereocenters. The highest BCUT2D eigenvalue weighted by Gasteiger charge is 2.37. The van der Waals surface area contributed by atoms with Gasteiger partial charge in [0.05, 0.1) is 5.54 Å². The number of fused-ring (bicyclic) bond motifs is 1. The zero-order valence-corrected chi connectivity index (χ0v) is 14.1. The van der Waals surface area contributed by atoms with Crippen molar-refractivity contribution in [2.75, 3.05) is 26.4 Å². The second kappa shape index (κ2) is 6.45. The maximum atomic E-state index is 12.9. The van der Waals surface area contributed by atoms with Crippen LogP contribution in [0.15, 0.2) is 35.7 Å². The maximum absolute atomic E-state index is 12.9. The normalized spacial score (nSPS) is 18.8. The van der Waals surface area contributed by atoms with Crippen LogP contribution < -0.4 is 14.8 Å². The lowest BCUT2D eigenvalue weighted by molar-refractivity contribution is 0.0345. The molecule has 2 aliphatic heterocycles. The number of benzene rings is 1. The lowest BCUT2D eigenvalue weighted by Crippen LogP contribution is -2.49. The number of carbonyl (C=O) groups is 1. The summed E-state index contributed by atoms with van der Waals surface area (Å²) in [6, 6.07) is 10.1. The number of hydrogen-bond donors (Lipinski definition) is 1. The van der Waals surface area contributed by atoms with Gasteiger partial charge in [0.25, 0.3) is 5.91 Å². The van der Waals surface area contributed by atoms with E-state index in [1.165, 1.54) is 11.3 Å². The van der Waals surface area contributed by atoms with E-state index in [1.54, 1.807) is 0 Å². The fraction of sp³-hybridized carbons (Fsp3) is 0.389. The summed E-state index contributed by atoms with van der Waals surface area (Å²) in [5.74, 6) is 1.12. The van der Waals surface area contributed by atoms with Crippen LogP contribution in [0.2, 0.25) is 0 Å². The second-order valence-corrected chi connectivity index (χ2v) is 6.85. The van der Waals surface area contributed by atoms with Crippen molar-refractivity contribution in [3.8, 4) is 11.5 Å². The molecule has 0 radical (unpaired) electrons. The number of ether oxygens (including phenoxy) is 3. The molecule has 3 heterocycles. The molecule has 0 bridgehead atoms. The number of carbonyl (C=O) groups excluding carboxylic acids is 1. The highest BCUT2D eigenvalue weighted by atomic mass is 32.1. The second-order valence-electron chi connectivity index (χ2n) is 5.97. The Bertz CT molecular complexity index is 722. The number of nitrogens with one attached hydrogen (secondary N) is 1. The molecule has 2 aliphatic rings. The van der Waals surface area contributed by atoms with E-state index in [-0.39, 0.29) is 5.91 Å². The largest absolute Gasteiger partial charge is 0.485 e. The van der Waals surface area contributed by atoms with Crippen molar-refractivity contribution in [2.24, 2.45) is 0 Å². The third kappa shape index (κ3) is 2.76. The molecule has 1 aromatic carbocycles. The summed E-state index contributed by atoms with van der Waals surface area (Å²) in [6.07, 6.45) is 1.52. The Hall–Kier alpha value is -2.05. The van der Waals surface area contributed by atoms with Crippen molar-refractivity contribution in [3.63, 3.8) is 0 Å². The Balaban J connectivity index is 1.63. The average molecular weight is 345 g/mol. The molecule has 1 saturated heterocycles. The van der Waals surface area contributed by atoms with E-state index in [0.29, 0.717) is 42.8 Å². The first kappa shape index (κ1) is 15.5. The summed E-state index contributed by atoms with van der Waals surface area (Å²) in [6.45, 7) is 2.27. The molecule has 5 nitrogen and oxygen atoms in total. The third-order valence-electron chi connectivity index (χ3n) is 4.53. The van der Waals surface area contributed by atoms with Gasteiger partial charge in [0.2, 0.25) is 0 Å². The van der Waals surface area contributed by atoms with Gasteiger partial charge in [-0.2, -0.15) is 0 Å². The maximum Gasteiger partial charge on any atom is 0.266 e. The fourth-order valence-corrected chi connectivity index (χ4v) is 4.08. The molecule has 1 fully saturated rings. The monoisotopic (exact) mass is 345 g/mol. The quantitative estimate of drug-likeness (QED) is 0.929. The topological polar surface area (TPSA) is 56.8 Å². The molecule has 1 aromatic heterocycles. The van der Waals surface area contributed by atoms with Gasteiger partial charge in [-0.3, -0.25) is 4.79 Å². The van der Waals surface area contributed by atoms with Gasteiger partial charge < -0.3 is 19.5 Å². The Morgan fingerprint density at radius 1 is 1.04 bits per heavy atom. The van der Waals surface area contributed by atoms with Gasteiger partial charge in [-0.15, -0.1) is 11.3 Å². The molecule has 1 N–H and O–H groups in total. The van der Waals surface area contributed by atoms with Crippen LogP contribution in [0.3, 0.4) is 0 Å². The van der Waals surface area contributed by atoms with Gasteiger partial charge >= 0.3 is 0 Å². The Morgan fingerprint density at radius 2 is 1.79 bits per heavy atom. The fourth-order valence-electron chi connectivity index (χ4n) is 3.26. The highest BCUT2D eigenvalue weighted by Crippen LogP contribution is 2.40. The summed E-state index contributed by atoms with van der Waals surface area (Å²) in [7, 11) is 0. The molecule has 6 heteroatoms. The zero-order chi connectivity index (χ0) is 16.4. The van der Waals surface area contributed by atoms with Crippen LogP contribution in [0.4, 0.5) is 0 Å². The molecular formula is C18H19NO4S. The van der Waals surface area contributed by atoms with Crippen LogP contribution >= 0.6 is 11.3 Å². The van der Waals surface area contributed by atoms with Crippen molar-refractivity contribution >= 4 is 17.2 Å². The molecule has 0 spiro atoms. The molecule has 0 aliphatic carbocycles. The first-order chi connectivity index (χ1) is 11.8. The lowest BCUT2D eigenvalue weighted by Gasteiger charge is -2.38. The minimum absolute atomic E-state index is 0.113. The number of rotatable bonds is 3. The summed E-state index contributed by atoms with van der Waals surface area (Å²) in [4.78, 5) is 13.5. The lowest BCUT2D eigenvalue weighted by atomic mass is 9.82. The predicted octanol–water partition coefficient (Wildman–Crippen LogP) is 2.96. The van der Waals surface area contributed by atoms with E-state index in [2.05, 4.69) is 17.4 Å². The van der Waals surface area contributed by atoms with E-state index in [0.717, 1.165) is 18.4 Å². The van der Waals surface area contributed by atoms with Crippen LogP contribution in [-0.2, 0) is 10.3 Å². The average Bonchev–Trinajstić information content (AvgIpc) is 3.07. The van der Waals surface area contributed by atoms with Crippen LogP contribution in [0.1, 0.15) is 28.1 Å². The Labute approximate surface area is 144 Å². The Kier molecular flexibility index (Phi) is 4.16. The summed E-state index contributed by atoms with van der Waals surface area (Å²) in [5.41, 5.74) is 0.715. The van der Waals surface area contributed by atoms with Crippen LogP contribution in [0, 0.1) is 0 Å². The highest BCUT2D eigenvalue weighted by molar-refractivity contribution is 7.12. The molecule has 126 valence electrons. The SMILES string of the molecule is O=C(NC1(c2ccccc2)CCOCC1)c1scc2c1OCCO2.